The van der Waals surface area contributed by atoms with Crippen molar-refractivity contribution in [3.8, 4) is 5.75 Å². The summed E-state index contributed by atoms with van der Waals surface area (Å²) in [5.41, 5.74) is 0. The fraction of sp³-hybridized carbons (Fsp3) is 0.647. The summed E-state index contributed by atoms with van der Waals surface area (Å²) >= 11 is 4.46. The van der Waals surface area contributed by atoms with Crippen LogP contribution in [0.15, 0.2) is 30.3 Å². The van der Waals surface area contributed by atoms with Gasteiger partial charge in [0.1, 0.15) is 12.4 Å². The second-order valence-electron chi connectivity index (χ2n) is 6.41. The van der Waals surface area contributed by atoms with Crippen molar-refractivity contribution in [2.45, 2.75) is 56.3 Å². The maximum Gasteiger partial charge on any atom is 0.299 e. The van der Waals surface area contributed by atoms with Gasteiger partial charge in [-0.2, -0.15) is 12.6 Å². The summed E-state index contributed by atoms with van der Waals surface area (Å²) < 4.78 is 12.3. The van der Waals surface area contributed by atoms with Crippen molar-refractivity contribution in [1.82, 2.24) is 0 Å². The zero-order valence-corrected chi connectivity index (χ0v) is 13.5. The first kappa shape index (κ1) is 15.3. The SMILES string of the molecule is SCC(COc1ccccc1)OB1C2CCCC1CCC2. The van der Waals surface area contributed by atoms with Crippen LogP contribution < -0.4 is 4.74 Å². The van der Waals surface area contributed by atoms with Gasteiger partial charge in [-0.15, -0.1) is 0 Å². The molecule has 0 saturated carbocycles. The lowest BCUT2D eigenvalue weighted by atomic mass is 9.38. The van der Waals surface area contributed by atoms with Crippen LogP contribution in [0.5, 0.6) is 5.75 Å². The van der Waals surface area contributed by atoms with E-state index in [1.165, 1.54) is 38.5 Å². The highest BCUT2D eigenvalue weighted by Crippen LogP contribution is 2.46. The van der Waals surface area contributed by atoms with Crippen LogP contribution in [0.4, 0.5) is 0 Å². The summed E-state index contributed by atoms with van der Waals surface area (Å²) in [5.74, 6) is 3.19. The van der Waals surface area contributed by atoms with Gasteiger partial charge < -0.3 is 9.39 Å². The molecule has 2 aliphatic heterocycles. The molecule has 2 nitrogen and oxygen atoms in total. The monoisotopic (exact) mass is 304 g/mol. The van der Waals surface area contributed by atoms with Crippen LogP contribution in [0, 0.1) is 0 Å². The summed E-state index contributed by atoms with van der Waals surface area (Å²) in [5, 5.41) is 0. The molecule has 4 heteroatoms. The Morgan fingerprint density at radius 1 is 1.05 bits per heavy atom. The molecular weight excluding hydrogens is 279 g/mol. The van der Waals surface area contributed by atoms with E-state index in [9.17, 15) is 0 Å². The van der Waals surface area contributed by atoms with Gasteiger partial charge in [0, 0.05) is 5.75 Å². The van der Waals surface area contributed by atoms with Crippen molar-refractivity contribution >= 4 is 19.5 Å². The van der Waals surface area contributed by atoms with Crippen molar-refractivity contribution in [2.24, 2.45) is 0 Å². The highest BCUT2D eigenvalue weighted by molar-refractivity contribution is 7.80. The van der Waals surface area contributed by atoms with E-state index in [0.717, 1.165) is 23.1 Å². The Bertz CT molecular complexity index is 406. The third-order valence-corrected chi connectivity index (χ3v) is 5.37. The van der Waals surface area contributed by atoms with Gasteiger partial charge in [-0.25, -0.2) is 0 Å². The first-order valence-electron chi connectivity index (χ1n) is 8.31. The zero-order valence-electron chi connectivity index (χ0n) is 12.6. The molecule has 2 aliphatic rings. The summed E-state index contributed by atoms with van der Waals surface area (Å²) in [6.07, 6.45) is 8.27. The van der Waals surface area contributed by atoms with Crippen LogP contribution in [-0.4, -0.2) is 25.4 Å². The van der Waals surface area contributed by atoms with Gasteiger partial charge in [0.2, 0.25) is 0 Å². The van der Waals surface area contributed by atoms with Crippen molar-refractivity contribution in [1.29, 1.82) is 0 Å². The van der Waals surface area contributed by atoms with E-state index in [-0.39, 0.29) is 6.10 Å². The summed E-state index contributed by atoms with van der Waals surface area (Å²) in [4.78, 5) is 0. The number of thiol groups is 1. The second-order valence-corrected chi connectivity index (χ2v) is 6.78. The molecule has 1 aromatic carbocycles. The zero-order chi connectivity index (χ0) is 14.5. The fourth-order valence-corrected chi connectivity index (χ4v) is 4.09. The minimum Gasteiger partial charge on any atom is -0.491 e. The molecule has 1 atom stereocenters. The number of fused-ring (bicyclic) bond motifs is 2. The molecule has 21 heavy (non-hydrogen) atoms. The van der Waals surface area contributed by atoms with Crippen LogP contribution in [0.1, 0.15) is 38.5 Å². The number of benzene rings is 1. The topological polar surface area (TPSA) is 18.5 Å². The average molecular weight is 304 g/mol. The normalized spacial score (nSPS) is 26.4. The van der Waals surface area contributed by atoms with Gasteiger partial charge in [-0.1, -0.05) is 56.7 Å². The summed E-state index contributed by atoms with van der Waals surface area (Å²) in [6.45, 7) is 1.05. The number of hydrogen-bond donors (Lipinski definition) is 1. The Labute approximate surface area is 134 Å². The molecule has 0 radical (unpaired) electrons. The molecule has 2 saturated heterocycles. The lowest BCUT2D eigenvalue weighted by Crippen LogP contribution is -2.42. The quantitative estimate of drug-likeness (QED) is 0.617. The van der Waals surface area contributed by atoms with Crippen molar-refractivity contribution in [3.63, 3.8) is 0 Å². The van der Waals surface area contributed by atoms with E-state index >= 15 is 0 Å². The number of rotatable bonds is 6. The van der Waals surface area contributed by atoms with E-state index in [1.54, 1.807) is 0 Å². The highest BCUT2D eigenvalue weighted by Gasteiger charge is 2.42. The van der Waals surface area contributed by atoms with Crippen LogP contribution in [0.25, 0.3) is 0 Å². The third-order valence-electron chi connectivity index (χ3n) is 4.96. The molecule has 3 rings (SSSR count). The Hall–Kier alpha value is -0.605. The fourth-order valence-electron chi connectivity index (χ4n) is 3.90. The molecule has 0 aliphatic carbocycles. The summed E-state index contributed by atoms with van der Waals surface area (Å²) in [7, 11) is 0. The van der Waals surface area contributed by atoms with Crippen LogP contribution >= 0.6 is 12.6 Å². The van der Waals surface area contributed by atoms with E-state index < -0.39 is 0 Å². The number of ether oxygens (including phenoxy) is 1. The standard InChI is InChI=1S/C17H25BO2S/c21-13-17(12-19-16-10-2-1-3-11-16)20-18-14-6-4-7-15(18)9-5-8-14/h1-3,10-11,14-15,17,21H,4-9,12-13H2. The highest BCUT2D eigenvalue weighted by atomic mass is 32.1. The molecule has 0 N–H and O–H groups in total. The van der Waals surface area contributed by atoms with Crippen molar-refractivity contribution in [3.05, 3.63) is 30.3 Å². The van der Waals surface area contributed by atoms with Crippen LogP contribution in [-0.2, 0) is 4.65 Å². The second kappa shape index (κ2) is 7.60. The van der Waals surface area contributed by atoms with E-state index in [2.05, 4.69) is 12.6 Å². The Morgan fingerprint density at radius 3 is 2.24 bits per heavy atom. The molecule has 1 unspecified atom stereocenters. The number of para-hydroxylation sites is 1. The first-order chi connectivity index (χ1) is 10.4. The van der Waals surface area contributed by atoms with Gasteiger partial charge >= 0.3 is 0 Å². The van der Waals surface area contributed by atoms with Gasteiger partial charge in [-0.3, -0.25) is 0 Å². The minimum atomic E-state index is 0.0970. The maximum absolute atomic E-state index is 6.43. The molecule has 114 valence electrons. The Morgan fingerprint density at radius 2 is 1.67 bits per heavy atom. The molecule has 1 aromatic rings. The Balaban J connectivity index is 1.54. The molecule has 2 heterocycles. The molecule has 2 fully saturated rings. The molecule has 0 spiro atoms. The van der Waals surface area contributed by atoms with Gasteiger partial charge in [0.25, 0.3) is 6.92 Å². The minimum absolute atomic E-state index is 0.0970. The van der Waals surface area contributed by atoms with E-state index in [4.69, 9.17) is 9.39 Å². The predicted molar refractivity (Wildman–Crippen MR) is 91.6 cm³/mol. The lowest BCUT2D eigenvalue weighted by Gasteiger charge is -2.41. The number of hydrogen-bond acceptors (Lipinski definition) is 3. The predicted octanol–water partition coefficient (Wildman–Crippen LogP) is 4.48. The lowest BCUT2D eigenvalue weighted by molar-refractivity contribution is 0.132. The van der Waals surface area contributed by atoms with Gasteiger partial charge in [0.15, 0.2) is 0 Å². The van der Waals surface area contributed by atoms with Gasteiger partial charge in [-0.05, 0) is 23.8 Å². The maximum atomic E-state index is 6.43. The largest absolute Gasteiger partial charge is 0.491 e. The average Bonchev–Trinajstić information content (AvgIpc) is 2.52. The van der Waals surface area contributed by atoms with E-state index in [0.29, 0.717) is 13.5 Å². The first-order valence-corrected chi connectivity index (χ1v) is 8.94. The van der Waals surface area contributed by atoms with Crippen LogP contribution in [0.2, 0.25) is 11.6 Å². The van der Waals surface area contributed by atoms with Crippen LogP contribution in [0.3, 0.4) is 0 Å². The smallest absolute Gasteiger partial charge is 0.299 e. The van der Waals surface area contributed by atoms with Gasteiger partial charge in [0.05, 0.1) is 6.10 Å². The third kappa shape index (κ3) is 3.98. The van der Waals surface area contributed by atoms with Crippen molar-refractivity contribution in [2.75, 3.05) is 12.4 Å². The molecule has 2 bridgehead atoms. The Kier molecular flexibility index (Phi) is 5.53. The molecule has 0 amide bonds. The summed E-state index contributed by atoms with van der Waals surface area (Å²) in [6, 6.07) is 9.98. The van der Waals surface area contributed by atoms with Crippen molar-refractivity contribution < 1.29 is 9.39 Å². The molecule has 0 aromatic heterocycles. The van der Waals surface area contributed by atoms with E-state index in [1.807, 2.05) is 30.3 Å². The molecular formula is C17H25BO2S.